The molecule has 0 amide bonds. The van der Waals surface area contributed by atoms with E-state index >= 15 is 0 Å². The number of hydrogen-bond donors (Lipinski definition) is 0. The molecule has 2 bridgehead atoms. The van der Waals surface area contributed by atoms with Gasteiger partial charge in [0.1, 0.15) is 0 Å². The van der Waals surface area contributed by atoms with Crippen molar-refractivity contribution < 1.29 is 4.74 Å². The van der Waals surface area contributed by atoms with Gasteiger partial charge in [-0.15, -0.1) is 0 Å². The van der Waals surface area contributed by atoms with E-state index in [2.05, 4.69) is 11.8 Å². The van der Waals surface area contributed by atoms with Crippen LogP contribution in [0, 0.1) is 5.92 Å². The van der Waals surface area contributed by atoms with Crippen LogP contribution in [0.15, 0.2) is 12.3 Å². The van der Waals surface area contributed by atoms with Gasteiger partial charge in [-0.05, 0) is 38.5 Å². The molecule has 2 aliphatic rings. The summed E-state index contributed by atoms with van der Waals surface area (Å²) in [5.74, 6) is 0.953. The summed E-state index contributed by atoms with van der Waals surface area (Å²) in [4.78, 5) is 0. The fourth-order valence-electron chi connectivity index (χ4n) is 2.43. The lowest BCUT2D eigenvalue weighted by Gasteiger charge is -2.19. The zero-order valence-corrected chi connectivity index (χ0v) is 9.06. The van der Waals surface area contributed by atoms with Gasteiger partial charge in [0.25, 0.3) is 0 Å². The summed E-state index contributed by atoms with van der Waals surface area (Å²) in [7, 11) is 0. The Morgan fingerprint density at radius 3 is 3.00 bits per heavy atom. The monoisotopic (exact) mass is 198 g/mol. The minimum atomic E-state index is 0.915. The molecular formula is C11H18OS. The van der Waals surface area contributed by atoms with Crippen LogP contribution >= 0.6 is 11.8 Å². The smallest absolute Gasteiger partial charge is 0.0876 e. The van der Waals surface area contributed by atoms with Gasteiger partial charge >= 0.3 is 0 Å². The maximum Gasteiger partial charge on any atom is 0.0876 e. The van der Waals surface area contributed by atoms with Crippen LogP contribution in [-0.2, 0) is 4.74 Å². The first kappa shape index (κ1) is 9.45. The van der Waals surface area contributed by atoms with Crippen LogP contribution in [0.25, 0.3) is 0 Å². The standard InChI is InChI=1S/C11H18OS/c1-2-6-12-7-5-9-8-10-3-4-11(9)13-10/h2,6,9-11H,3-5,7-8H2,1H3/b6-2+. The molecule has 2 aliphatic heterocycles. The van der Waals surface area contributed by atoms with Gasteiger partial charge in [-0.3, -0.25) is 0 Å². The molecule has 2 saturated heterocycles. The van der Waals surface area contributed by atoms with Crippen LogP contribution in [0.4, 0.5) is 0 Å². The Kier molecular flexibility index (Phi) is 3.20. The summed E-state index contributed by atoms with van der Waals surface area (Å²) in [5, 5.41) is 1.97. The SMILES string of the molecule is C/C=C/OCCC1CC2CCC1S2. The van der Waals surface area contributed by atoms with Crippen LogP contribution in [0.3, 0.4) is 0 Å². The molecular weight excluding hydrogens is 180 g/mol. The van der Waals surface area contributed by atoms with E-state index in [-0.39, 0.29) is 0 Å². The van der Waals surface area contributed by atoms with Gasteiger partial charge in [0.2, 0.25) is 0 Å². The van der Waals surface area contributed by atoms with Gasteiger partial charge in [0.05, 0.1) is 12.9 Å². The molecule has 3 atom stereocenters. The summed E-state index contributed by atoms with van der Waals surface area (Å²) >= 11 is 2.23. The highest BCUT2D eigenvalue weighted by Crippen LogP contribution is 2.50. The second-order valence-electron chi connectivity index (χ2n) is 4.00. The summed E-state index contributed by atoms with van der Waals surface area (Å²) in [6.45, 7) is 2.91. The van der Waals surface area contributed by atoms with E-state index in [1.165, 1.54) is 25.7 Å². The van der Waals surface area contributed by atoms with E-state index in [0.717, 1.165) is 23.0 Å². The van der Waals surface area contributed by atoms with E-state index in [1.807, 2.05) is 13.0 Å². The summed E-state index contributed by atoms with van der Waals surface area (Å²) in [5.41, 5.74) is 0. The second-order valence-corrected chi connectivity index (χ2v) is 5.54. The Balaban J connectivity index is 1.66. The summed E-state index contributed by atoms with van der Waals surface area (Å²) in [6, 6.07) is 0. The second kappa shape index (κ2) is 4.41. The van der Waals surface area contributed by atoms with Gasteiger partial charge in [0, 0.05) is 10.5 Å². The highest BCUT2D eigenvalue weighted by Gasteiger charge is 2.39. The first-order chi connectivity index (χ1) is 6.40. The Bertz CT molecular complexity index is 191. The average Bonchev–Trinajstić information content (AvgIpc) is 2.73. The van der Waals surface area contributed by atoms with Crippen LogP contribution in [-0.4, -0.2) is 17.1 Å². The predicted octanol–water partition coefficient (Wildman–Crippen LogP) is 3.21. The summed E-state index contributed by atoms with van der Waals surface area (Å²) < 4.78 is 5.36. The predicted molar refractivity (Wildman–Crippen MR) is 57.9 cm³/mol. The first-order valence-electron chi connectivity index (χ1n) is 5.28. The van der Waals surface area contributed by atoms with Crippen molar-refractivity contribution in [2.45, 2.75) is 43.1 Å². The maximum absolute atomic E-state index is 5.36. The Morgan fingerprint density at radius 2 is 2.38 bits per heavy atom. The van der Waals surface area contributed by atoms with Crippen LogP contribution in [0.1, 0.15) is 32.6 Å². The zero-order chi connectivity index (χ0) is 9.10. The Morgan fingerprint density at radius 1 is 1.46 bits per heavy atom. The normalized spacial score (nSPS) is 37.5. The fourth-order valence-corrected chi connectivity index (χ4v) is 4.30. The molecule has 0 N–H and O–H groups in total. The lowest BCUT2D eigenvalue weighted by atomic mass is 9.87. The number of ether oxygens (including phenoxy) is 1. The van der Waals surface area contributed by atoms with E-state index in [4.69, 9.17) is 4.74 Å². The van der Waals surface area contributed by atoms with Gasteiger partial charge in [-0.25, -0.2) is 0 Å². The molecule has 74 valence electrons. The van der Waals surface area contributed by atoms with E-state index < -0.39 is 0 Å². The molecule has 0 aliphatic carbocycles. The maximum atomic E-state index is 5.36. The molecule has 2 heteroatoms. The minimum Gasteiger partial charge on any atom is -0.502 e. The lowest BCUT2D eigenvalue weighted by Crippen LogP contribution is -2.16. The number of thioether (sulfide) groups is 1. The molecule has 13 heavy (non-hydrogen) atoms. The van der Waals surface area contributed by atoms with Crippen molar-refractivity contribution in [3.05, 3.63) is 12.3 Å². The molecule has 2 rings (SSSR count). The Hall–Kier alpha value is -0.110. The van der Waals surface area contributed by atoms with E-state index in [9.17, 15) is 0 Å². The lowest BCUT2D eigenvalue weighted by molar-refractivity contribution is 0.212. The van der Waals surface area contributed by atoms with Crippen LogP contribution in [0.2, 0.25) is 0 Å². The van der Waals surface area contributed by atoms with Crippen molar-refractivity contribution in [3.8, 4) is 0 Å². The third kappa shape index (κ3) is 2.22. The van der Waals surface area contributed by atoms with Gasteiger partial charge in [0.15, 0.2) is 0 Å². The zero-order valence-electron chi connectivity index (χ0n) is 8.24. The van der Waals surface area contributed by atoms with Crippen molar-refractivity contribution >= 4 is 11.8 Å². The molecule has 1 nitrogen and oxygen atoms in total. The quantitative estimate of drug-likeness (QED) is 0.507. The molecule has 0 aromatic rings. The molecule has 2 heterocycles. The topological polar surface area (TPSA) is 9.23 Å². The molecule has 0 saturated carbocycles. The van der Waals surface area contributed by atoms with E-state index in [1.54, 1.807) is 6.26 Å². The fraction of sp³-hybridized carbons (Fsp3) is 0.818. The first-order valence-corrected chi connectivity index (χ1v) is 6.22. The molecule has 2 fully saturated rings. The minimum absolute atomic E-state index is 0.915. The van der Waals surface area contributed by atoms with Gasteiger partial charge in [-0.2, -0.15) is 11.8 Å². The highest BCUT2D eigenvalue weighted by molar-refractivity contribution is 8.01. The third-order valence-electron chi connectivity index (χ3n) is 3.07. The summed E-state index contributed by atoms with van der Waals surface area (Å²) in [6.07, 6.45) is 9.41. The van der Waals surface area contributed by atoms with Gasteiger partial charge < -0.3 is 4.74 Å². The number of rotatable bonds is 4. The molecule has 0 radical (unpaired) electrons. The van der Waals surface area contributed by atoms with Crippen LogP contribution in [0.5, 0.6) is 0 Å². The molecule has 0 spiro atoms. The molecule has 3 unspecified atom stereocenters. The van der Waals surface area contributed by atoms with Crippen molar-refractivity contribution in [2.75, 3.05) is 6.61 Å². The third-order valence-corrected chi connectivity index (χ3v) is 4.85. The number of allylic oxidation sites excluding steroid dienone is 1. The van der Waals surface area contributed by atoms with Crippen molar-refractivity contribution in [3.63, 3.8) is 0 Å². The Labute approximate surface area is 84.9 Å². The largest absolute Gasteiger partial charge is 0.502 e. The van der Waals surface area contributed by atoms with Crippen LogP contribution < -0.4 is 0 Å². The van der Waals surface area contributed by atoms with Crippen molar-refractivity contribution in [1.82, 2.24) is 0 Å². The van der Waals surface area contributed by atoms with Crippen molar-refractivity contribution in [2.24, 2.45) is 5.92 Å². The number of hydrogen-bond acceptors (Lipinski definition) is 2. The van der Waals surface area contributed by atoms with Gasteiger partial charge in [-0.1, -0.05) is 6.08 Å². The van der Waals surface area contributed by atoms with E-state index in [0.29, 0.717) is 0 Å². The molecule has 0 aromatic heterocycles. The molecule has 0 aromatic carbocycles. The van der Waals surface area contributed by atoms with Crippen molar-refractivity contribution in [1.29, 1.82) is 0 Å². The highest BCUT2D eigenvalue weighted by atomic mass is 32.2. The average molecular weight is 198 g/mol. The number of fused-ring (bicyclic) bond motifs is 2.